The number of carbonyl (C=O) groups excluding carboxylic acids is 1. The molecule has 2 aromatic heterocycles. The lowest BCUT2D eigenvalue weighted by Gasteiger charge is -2.06. The van der Waals surface area contributed by atoms with E-state index >= 15 is 0 Å². The van der Waals surface area contributed by atoms with Crippen molar-refractivity contribution in [2.45, 2.75) is 6.61 Å². The van der Waals surface area contributed by atoms with Crippen molar-refractivity contribution in [2.24, 2.45) is 0 Å². The Hall–Kier alpha value is -3.59. The molecule has 4 aromatic rings. The van der Waals surface area contributed by atoms with Gasteiger partial charge in [-0.2, -0.15) is 0 Å². The first-order chi connectivity index (χ1) is 14.6. The molecule has 30 heavy (non-hydrogen) atoms. The Bertz CT molecular complexity index is 1140. The molecule has 0 saturated carbocycles. The summed E-state index contributed by atoms with van der Waals surface area (Å²) in [6.07, 6.45) is 0. The third-order valence-electron chi connectivity index (χ3n) is 4.08. The molecule has 0 fully saturated rings. The summed E-state index contributed by atoms with van der Waals surface area (Å²) in [7, 11) is 1.61. The van der Waals surface area contributed by atoms with Gasteiger partial charge in [0.15, 0.2) is 17.0 Å². The smallest absolute Gasteiger partial charge is 0.291 e. The fourth-order valence-corrected chi connectivity index (χ4v) is 2.88. The SMILES string of the molecule is COc1ccc(-c2nnc(COc3ccc(NC(=O)c4ccc(Br)o4)cc3)o2)cc1. The number of hydrogen-bond donors (Lipinski definition) is 1. The third-order valence-corrected chi connectivity index (χ3v) is 4.50. The fraction of sp³-hybridized carbons (Fsp3) is 0.0952. The molecule has 0 spiro atoms. The largest absolute Gasteiger partial charge is 0.497 e. The molecule has 1 amide bonds. The molecule has 0 atom stereocenters. The van der Waals surface area contributed by atoms with Crippen LogP contribution in [0.1, 0.15) is 16.4 Å². The Morgan fingerprint density at radius 2 is 1.70 bits per heavy atom. The highest BCUT2D eigenvalue weighted by Gasteiger charge is 2.12. The van der Waals surface area contributed by atoms with Crippen molar-refractivity contribution in [1.82, 2.24) is 10.2 Å². The van der Waals surface area contributed by atoms with Gasteiger partial charge in [-0.25, -0.2) is 0 Å². The summed E-state index contributed by atoms with van der Waals surface area (Å²) in [5.74, 6) is 1.97. The zero-order chi connectivity index (χ0) is 20.9. The van der Waals surface area contributed by atoms with Crippen molar-refractivity contribution in [1.29, 1.82) is 0 Å². The molecular formula is C21H16BrN3O5. The highest BCUT2D eigenvalue weighted by Crippen LogP contribution is 2.22. The molecular weight excluding hydrogens is 454 g/mol. The Balaban J connectivity index is 1.33. The number of nitrogens with zero attached hydrogens (tertiary/aromatic N) is 2. The van der Waals surface area contributed by atoms with E-state index in [1.807, 2.05) is 24.3 Å². The minimum Gasteiger partial charge on any atom is -0.497 e. The monoisotopic (exact) mass is 469 g/mol. The van der Waals surface area contributed by atoms with Crippen LogP contribution < -0.4 is 14.8 Å². The Morgan fingerprint density at radius 1 is 0.967 bits per heavy atom. The number of hydrogen-bond acceptors (Lipinski definition) is 7. The molecule has 1 N–H and O–H groups in total. The van der Waals surface area contributed by atoms with E-state index in [1.54, 1.807) is 43.5 Å². The highest BCUT2D eigenvalue weighted by atomic mass is 79.9. The molecule has 0 aliphatic heterocycles. The maximum atomic E-state index is 12.1. The van der Waals surface area contributed by atoms with Gasteiger partial charge in [-0.15, -0.1) is 10.2 Å². The first-order valence-corrected chi connectivity index (χ1v) is 9.66. The predicted octanol–water partition coefficient (Wildman–Crippen LogP) is 4.93. The van der Waals surface area contributed by atoms with E-state index in [9.17, 15) is 4.79 Å². The summed E-state index contributed by atoms with van der Waals surface area (Å²) in [6, 6.07) is 17.5. The van der Waals surface area contributed by atoms with Gasteiger partial charge in [0.25, 0.3) is 11.8 Å². The maximum absolute atomic E-state index is 12.1. The topological polar surface area (TPSA) is 99.6 Å². The van der Waals surface area contributed by atoms with E-state index in [-0.39, 0.29) is 18.3 Å². The number of nitrogens with one attached hydrogen (secondary N) is 1. The van der Waals surface area contributed by atoms with Crippen LogP contribution in [0.25, 0.3) is 11.5 Å². The molecule has 2 heterocycles. The van der Waals surface area contributed by atoms with Gasteiger partial charge in [-0.1, -0.05) is 0 Å². The number of amides is 1. The van der Waals surface area contributed by atoms with Gasteiger partial charge in [0, 0.05) is 11.3 Å². The number of rotatable bonds is 7. The summed E-state index contributed by atoms with van der Waals surface area (Å²) >= 11 is 3.17. The summed E-state index contributed by atoms with van der Waals surface area (Å²) in [5.41, 5.74) is 1.40. The maximum Gasteiger partial charge on any atom is 0.291 e. The Morgan fingerprint density at radius 3 is 2.37 bits per heavy atom. The van der Waals surface area contributed by atoms with Crippen LogP contribution >= 0.6 is 15.9 Å². The first kappa shape index (κ1) is 19.7. The lowest BCUT2D eigenvalue weighted by molar-refractivity contribution is 0.0995. The van der Waals surface area contributed by atoms with Gasteiger partial charge in [0.2, 0.25) is 5.89 Å². The van der Waals surface area contributed by atoms with E-state index in [0.29, 0.717) is 27.9 Å². The molecule has 0 unspecified atom stereocenters. The van der Waals surface area contributed by atoms with Crippen LogP contribution in [0.2, 0.25) is 0 Å². The van der Waals surface area contributed by atoms with Crippen LogP contribution in [0.5, 0.6) is 11.5 Å². The standard InChI is InChI=1S/C21H16BrN3O5/c1-27-15-6-2-13(3-7-15)21-25-24-19(30-21)12-28-16-8-4-14(5-9-16)23-20(26)17-10-11-18(22)29-17/h2-11H,12H2,1H3,(H,23,26). The number of aromatic nitrogens is 2. The number of furan rings is 1. The average Bonchev–Trinajstić information content (AvgIpc) is 3.42. The van der Waals surface area contributed by atoms with Crippen LogP contribution in [-0.4, -0.2) is 23.2 Å². The molecule has 0 aliphatic rings. The van der Waals surface area contributed by atoms with Crippen LogP contribution in [0.3, 0.4) is 0 Å². The Labute approximate surface area is 179 Å². The molecule has 9 heteroatoms. The minimum atomic E-state index is -0.341. The van der Waals surface area contributed by atoms with Gasteiger partial charge in [0.05, 0.1) is 7.11 Å². The van der Waals surface area contributed by atoms with Crippen molar-refractivity contribution < 1.29 is 23.1 Å². The lowest BCUT2D eigenvalue weighted by atomic mass is 10.2. The van der Waals surface area contributed by atoms with Crippen molar-refractivity contribution in [3.63, 3.8) is 0 Å². The fourth-order valence-electron chi connectivity index (χ4n) is 2.57. The zero-order valence-electron chi connectivity index (χ0n) is 15.8. The molecule has 0 bridgehead atoms. The Kier molecular flexibility index (Phi) is 5.80. The second-order valence-corrected chi connectivity index (χ2v) is 6.88. The molecule has 4 rings (SSSR count). The second-order valence-electron chi connectivity index (χ2n) is 6.10. The molecule has 152 valence electrons. The summed E-state index contributed by atoms with van der Waals surface area (Å²) in [4.78, 5) is 12.1. The van der Waals surface area contributed by atoms with Crippen molar-refractivity contribution in [3.8, 4) is 23.0 Å². The van der Waals surface area contributed by atoms with E-state index in [2.05, 4.69) is 31.4 Å². The van der Waals surface area contributed by atoms with Crippen molar-refractivity contribution >= 4 is 27.5 Å². The number of methoxy groups -OCH3 is 1. The molecule has 0 aliphatic carbocycles. The molecule has 0 radical (unpaired) electrons. The van der Waals surface area contributed by atoms with Gasteiger partial charge in [-0.05, 0) is 76.6 Å². The van der Waals surface area contributed by atoms with Gasteiger partial charge in [-0.3, -0.25) is 4.79 Å². The first-order valence-electron chi connectivity index (χ1n) is 8.87. The number of halogens is 1. The van der Waals surface area contributed by atoms with Crippen LogP contribution in [0.4, 0.5) is 5.69 Å². The average molecular weight is 470 g/mol. The number of ether oxygens (including phenoxy) is 2. The second kappa shape index (κ2) is 8.83. The molecule has 8 nitrogen and oxygen atoms in total. The summed E-state index contributed by atoms with van der Waals surface area (Å²) < 4.78 is 22.2. The predicted molar refractivity (Wildman–Crippen MR) is 111 cm³/mol. The number of carbonyl (C=O) groups is 1. The number of anilines is 1. The van der Waals surface area contributed by atoms with E-state index < -0.39 is 0 Å². The van der Waals surface area contributed by atoms with Gasteiger partial charge >= 0.3 is 0 Å². The van der Waals surface area contributed by atoms with Crippen LogP contribution in [0, 0.1) is 0 Å². The van der Waals surface area contributed by atoms with Crippen molar-refractivity contribution in [3.05, 3.63) is 77.0 Å². The van der Waals surface area contributed by atoms with E-state index in [0.717, 1.165) is 11.3 Å². The summed E-state index contributed by atoms with van der Waals surface area (Å²) in [6.45, 7) is 0.120. The highest BCUT2D eigenvalue weighted by molar-refractivity contribution is 9.10. The third kappa shape index (κ3) is 4.69. The van der Waals surface area contributed by atoms with Gasteiger partial charge in [0.1, 0.15) is 11.5 Å². The minimum absolute atomic E-state index is 0.120. The molecule has 0 saturated heterocycles. The normalized spacial score (nSPS) is 10.6. The quantitative estimate of drug-likeness (QED) is 0.409. The van der Waals surface area contributed by atoms with Crippen LogP contribution in [-0.2, 0) is 6.61 Å². The zero-order valence-corrected chi connectivity index (χ0v) is 17.4. The lowest BCUT2D eigenvalue weighted by Crippen LogP contribution is -2.10. The van der Waals surface area contributed by atoms with Crippen molar-refractivity contribution in [2.75, 3.05) is 12.4 Å². The van der Waals surface area contributed by atoms with Crippen LogP contribution in [0.15, 0.2) is 74.2 Å². The van der Waals surface area contributed by atoms with E-state index in [1.165, 1.54) is 0 Å². The molecule has 2 aromatic carbocycles. The summed E-state index contributed by atoms with van der Waals surface area (Å²) in [5, 5.41) is 10.8. The van der Waals surface area contributed by atoms with E-state index in [4.69, 9.17) is 18.3 Å². The number of benzene rings is 2. The van der Waals surface area contributed by atoms with Gasteiger partial charge < -0.3 is 23.6 Å².